The van der Waals surface area contributed by atoms with Crippen molar-refractivity contribution in [1.82, 2.24) is 10.2 Å². The maximum absolute atomic E-state index is 12.4. The van der Waals surface area contributed by atoms with Crippen LogP contribution in [0.25, 0.3) is 0 Å². The van der Waals surface area contributed by atoms with Crippen molar-refractivity contribution in [2.45, 2.75) is 25.7 Å². The van der Waals surface area contributed by atoms with E-state index in [1.165, 1.54) is 0 Å². The second-order valence-corrected chi connectivity index (χ2v) is 6.84. The highest BCUT2D eigenvalue weighted by molar-refractivity contribution is 5.81. The highest BCUT2D eigenvalue weighted by atomic mass is 16.5. The predicted molar refractivity (Wildman–Crippen MR) is 106 cm³/mol. The summed E-state index contributed by atoms with van der Waals surface area (Å²) in [6, 6.07) is 9.46. The minimum Gasteiger partial charge on any atom is -0.493 e. The van der Waals surface area contributed by atoms with Crippen molar-refractivity contribution in [2.24, 2.45) is 5.92 Å². The lowest BCUT2D eigenvalue weighted by Crippen LogP contribution is -2.45. The predicted octanol–water partition coefficient (Wildman–Crippen LogP) is 1.86. The van der Waals surface area contributed by atoms with Crippen LogP contribution in [0.15, 0.2) is 30.3 Å². The first kappa shape index (κ1) is 22.2. The van der Waals surface area contributed by atoms with Crippen LogP contribution >= 0.6 is 0 Å². The Balaban J connectivity index is 1.62. The molecule has 1 saturated heterocycles. The van der Waals surface area contributed by atoms with E-state index in [9.17, 15) is 9.59 Å². The van der Waals surface area contributed by atoms with Crippen molar-refractivity contribution < 1.29 is 23.8 Å². The molecule has 0 radical (unpaired) electrons. The van der Waals surface area contributed by atoms with Crippen LogP contribution in [0.1, 0.15) is 25.7 Å². The lowest BCUT2D eigenvalue weighted by Gasteiger charge is -2.32. The molecular weight excluding hydrogens is 360 g/mol. The van der Waals surface area contributed by atoms with Gasteiger partial charge in [0, 0.05) is 33.4 Å². The van der Waals surface area contributed by atoms with Crippen molar-refractivity contribution in [3.05, 3.63) is 30.3 Å². The number of nitrogens with one attached hydrogen (secondary N) is 1. The standard InChI is InChI=1S/C21H32N2O5/c1-26-15-16-27-13-6-11-22-21(25)18-7-5-12-23(17-18)20(24)10-14-28-19-8-3-2-4-9-19/h2-4,8-9,18H,5-7,10-17H2,1H3,(H,22,25). The average molecular weight is 392 g/mol. The van der Waals surface area contributed by atoms with E-state index in [1.54, 1.807) is 12.0 Å². The Hall–Kier alpha value is -2.12. The third-order valence-electron chi connectivity index (χ3n) is 4.67. The third-order valence-corrected chi connectivity index (χ3v) is 4.67. The first-order chi connectivity index (χ1) is 13.7. The largest absolute Gasteiger partial charge is 0.493 e. The Labute approximate surface area is 167 Å². The molecule has 0 aliphatic carbocycles. The van der Waals surface area contributed by atoms with Gasteiger partial charge in [-0.1, -0.05) is 18.2 Å². The molecule has 1 unspecified atom stereocenters. The molecule has 0 bridgehead atoms. The summed E-state index contributed by atoms with van der Waals surface area (Å²) < 4.78 is 15.9. The SMILES string of the molecule is COCCOCCCNC(=O)C1CCCN(C(=O)CCOc2ccccc2)C1. The zero-order valence-electron chi connectivity index (χ0n) is 16.7. The van der Waals surface area contributed by atoms with Crippen LogP contribution < -0.4 is 10.1 Å². The number of para-hydroxylation sites is 1. The highest BCUT2D eigenvalue weighted by Crippen LogP contribution is 2.18. The van der Waals surface area contributed by atoms with Gasteiger partial charge < -0.3 is 24.4 Å². The molecule has 0 aromatic heterocycles. The van der Waals surface area contributed by atoms with Crippen LogP contribution in [0, 0.1) is 5.92 Å². The number of likely N-dealkylation sites (tertiary alicyclic amines) is 1. The zero-order chi connectivity index (χ0) is 20.0. The number of nitrogens with zero attached hydrogens (tertiary/aromatic N) is 1. The molecule has 1 aliphatic rings. The molecule has 156 valence electrons. The van der Waals surface area contributed by atoms with Crippen molar-refractivity contribution in [3.63, 3.8) is 0 Å². The molecule has 2 amide bonds. The molecule has 2 rings (SSSR count). The van der Waals surface area contributed by atoms with E-state index in [2.05, 4.69) is 5.32 Å². The van der Waals surface area contributed by atoms with Crippen LogP contribution in [-0.4, -0.2) is 69.9 Å². The number of piperidine rings is 1. The first-order valence-electron chi connectivity index (χ1n) is 10.0. The highest BCUT2D eigenvalue weighted by Gasteiger charge is 2.28. The van der Waals surface area contributed by atoms with Crippen molar-refractivity contribution in [1.29, 1.82) is 0 Å². The van der Waals surface area contributed by atoms with Crippen LogP contribution in [0.5, 0.6) is 5.75 Å². The van der Waals surface area contributed by atoms with Gasteiger partial charge in [-0.05, 0) is 31.4 Å². The minimum atomic E-state index is -0.137. The van der Waals surface area contributed by atoms with Gasteiger partial charge in [-0.15, -0.1) is 0 Å². The normalized spacial score (nSPS) is 16.6. The molecule has 7 heteroatoms. The third kappa shape index (κ3) is 8.27. The van der Waals surface area contributed by atoms with Gasteiger partial charge in [0.15, 0.2) is 0 Å². The molecule has 1 N–H and O–H groups in total. The van der Waals surface area contributed by atoms with Gasteiger partial charge in [0.05, 0.1) is 32.2 Å². The van der Waals surface area contributed by atoms with Crippen molar-refractivity contribution in [3.8, 4) is 5.75 Å². The summed E-state index contributed by atoms with van der Waals surface area (Å²) in [6.45, 7) is 3.87. The number of hydrogen-bond acceptors (Lipinski definition) is 5. The first-order valence-corrected chi connectivity index (χ1v) is 10.0. The number of methoxy groups -OCH3 is 1. The maximum atomic E-state index is 12.4. The quantitative estimate of drug-likeness (QED) is 0.550. The maximum Gasteiger partial charge on any atom is 0.226 e. The van der Waals surface area contributed by atoms with E-state index in [0.29, 0.717) is 52.5 Å². The Morgan fingerprint density at radius 1 is 1.14 bits per heavy atom. The smallest absolute Gasteiger partial charge is 0.226 e. The van der Waals surface area contributed by atoms with E-state index < -0.39 is 0 Å². The van der Waals surface area contributed by atoms with Gasteiger partial charge in [0.25, 0.3) is 0 Å². The second-order valence-electron chi connectivity index (χ2n) is 6.84. The van der Waals surface area contributed by atoms with Gasteiger partial charge in [-0.25, -0.2) is 0 Å². The summed E-state index contributed by atoms with van der Waals surface area (Å²) in [5.41, 5.74) is 0. The monoisotopic (exact) mass is 392 g/mol. The summed E-state index contributed by atoms with van der Waals surface area (Å²) in [5.74, 6) is 0.689. The molecule has 1 aromatic carbocycles. The number of benzene rings is 1. The zero-order valence-corrected chi connectivity index (χ0v) is 16.7. The van der Waals surface area contributed by atoms with Gasteiger partial charge >= 0.3 is 0 Å². The molecule has 1 aromatic rings. The summed E-state index contributed by atoms with van der Waals surface area (Å²) in [5, 5.41) is 2.95. The van der Waals surface area contributed by atoms with Crippen LogP contribution in [0.2, 0.25) is 0 Å². The van der Waals surface area contributed by atoms with Gasteiger partial charge in [0.2, 0.25) is 11.8 Å². The Morgan fingerprint density at radius 3 is 2.75 bits per heavy atom. The topological polar surface area (TPSA) is 77.1 Å². The second kappa shape index (κ2) is 13.1. The van der Waals surface area contributed by atoms with Crippen LogP contribution in [-0.2, 0) is 19.1 Å². The molecule has 7 nitrogen and oxygen atoms in total. The number of carbonyl (C=O) groups is 2. The molecule has 0 spiro atoms. The lowest BCUT2D eigenvalue weighted by molar-refractivity contribution is -0.136. The van der Waals surface area contributed by atoms with E-state index in [4.69, 9.17) is 14.2 Å². The summed E-state index contributed by atoms with van der Waals surface area (Å²) in [7, 11) is 1.64. The molecule has 1 aliphatic heterocycles. The number of carbonyl (C=O) groups excluding carboxylic acids is 2. The fourth-order valence-corrected chi connectivity index (χ4v) is 3.12. The number of ether oxygens (including phenoxy) is 3. The molecule has 28 heavy (non-hydrogen) atoms. The Kier molecular flexibility index (Phi) is 10.4. The molecule has 1 fully saturated rings. The molecular formula is C21H32N2O5. The summed E-state index contributed by atoms with van der Waals surface area (Å²) >= 11 is 0. The minimum absolute atomic E-state index is 0.0231. The van der Waals surface area contributed by atoms with E-state index in [1.807, 2.05) is 30.3 Å². The van der Waals surface area contributed by atoms with E-state index >= 15 is 0 Å². The Morgan fingerprint density at radius 2 is 1.96 bits per heavy atom. The molecule has 0 saturated carbocycles. The van der Waals surface area contributed by atoms with E-state index in [-0.39, 0.29) is 17.7 Å². The number of amides is 2. The summed E-state index contributed by atoms with van der Waals surface area (Å²) in [4.78, 5) is 26.6. The van der Waals surface area contributed by atoms with Crippen molar-refractivity contribution in [2.75, 3.05) is 53.2 Å². The van der Waals surface area contributed by atoms with Crippen LogP contribution in [0.3, 0.4) is 0 Å². The van der Waals surface area contributed by atoms with Gasteiger partial charge in [-0.3, -0.25) is 9.59 Å². The van der Waals surface area contributed by atoms with E-state index in [0.717, 1.165) is 25.0 Å². The fraction of sp³-hybridized carbons (Fsp3) is 0.619. The van der Waals surface area contributed by atoms with Crippen molar-refractivity contribution >= 4 is 11.8 Å². The van der Waals surface area contributed by atoms with Gasteiger partial charge in [0.1, 0.15) is 5.75 Å². The molecule has 1 heterocycles. The van der Waals surface area contributed by atoms with Gasteiger partial charge in [-0.2, -0.15) is 0 Å². The Bertz CT molecular complexity index is 581. The van der Waals surface area contributed by atoms with Crippen LogP contribution in [0.4, 0.5) is 0 Å². The fourth-order valence-electron chi connectivity index (χ4n) is 3.12. The average Bonchev–Trinajstić information content (AvgIpc) is 2.73. The number of hydrogen-bond donors (Lipinski definition) is 1. The lowest BCUT2D eigenvalue weighted by atomic mass is 9.97. The molecule has 1 atom stereocenters. The summed E-state index contributed by atoms with van der Waals surface area (Å²) in [6.07, 6.45) is 2.76. The number of rotatable bonds is 12.